The third kappa shape index (κ3) is 3.00. The minimum atomic E-state index is 0.629. The van der Waals surface area contributed by atoms with Crippen LogP contribution in [-0.2, 0) is 6.54 Å². The molecule has 0 atom stereocenters. The Morgan fingerprint density at radius 2 is 2.00 bits per heavy atom. The Morgan fingerprint density at radius 1 is 1.19 bits per heavy atom. The van der Waals surface area contributed by atoms with Crippen molar-refractivity contribution in [1.82, 2.24) is 20.0 Å². The lowest BCUT2D eigenvalue weighted by molar-refractivity contribution is 0.215. The molecule has 0 N–H and O–H groups in total. The molecular weight excluding hydrogens is 328 g/mol. The first-order valence-electron chi connectivity index (χ1n) is 8.70. The highest BCUT2D eigenvalue weighted by atomic mass is 16.5. The van der Waals surface area contributed by atoms with Gasteiger partial charge in [-0.2, -0.15) is 10.2 Å². The summed E-state index contributed by atoms with van der Waals surface area (Å²) in [6.07, 6.45) is 1.69. The molecule has 0 bridgehead atoms. The Bertz CT molecular complexity index is 981. The Kier molecular flexibility index (Phi) is 4.27. The molecule has 3 aromatic rings. The lowest BCUT2D eigenvalue weighted by Crippen LogP contribution is -2.46. The van der Waals surface area contributed by atoms with Gasteiger partial charge in [0, 0.05) is 37.8 Å². The van der Waals surface area contributed by atoms with Gasteiger partial charge in [-0.25, -0.2) is 0 Å². The highest BCUT2D eigenvalue weighted by molar-refractivity contribution is 5.96. The minimum Gasteiger partial charge on any atom is -0.367 e. The molecule has 0 saturated carbocycles. The summed E-state index contributed by atoms with van der Waals surface area (Å²) in [5.41, 5.74) is 3.71. The summed E-state index contributed by atoms with van der Waals surface area (Å²) >= 11 is 0. The van der Waals surface area contributed by atoms with Gasteiger partial charge in [-0.05, 0) is 19.4 Å². The summed E-state index contributed by atoms with van der Waals surface area (Å²) in [5, 5.41) is 14.5. The van der Waals surface area contributed by atoms with Crippen LogP contribution < -0.4 is 4.90 Å². The second-order valence-electron chi connectivity index (χ2n) is 6.60. The van der Waals surface area contributed by atoms with E-state index >= 15 is 0 Å². The summed E-state index contributed by atoms with van der Waals surface area (Å²) in [4.78, 5) is 13.4. The molecule has 132 valence electrons. The van der Waals surface area contributed by atoms with Crippen LogP contribution in [0.15, 0.2) is 28.9 Å². The highest BCUT2D eigenvalue weighted by Gasteiger charge is 2.23. The van der Waals surface area contributed by atoms with Crippen LogP contribution in [0.1, 0.15) is 22.8 Å². The third-order valence-electron chi connectivity index (χ3n) is 4.81. The maximum Gasteiger partial charge on any atom is 0.240 e. The Balaban J connectivity index is 1.57. The average molecular weight is 348 g/mol. The van der Waals surface area contributed by atoms with Gasteiger partial charge < -0.3 is 9.42 Å². The first-order valence-corrected chi connectivity index (χ1v) is 8.70. The van der Waals surface area contributed by atoms with Crippen molar-refractivity contribution in [3.8, 4) is 6.07 Å². The topological polar surface area (TPSA) is 82.1 Å². The Morgan fingerprint density at radius 3 is 2.69 bits per heavy atom. The van der Waals surface area contributed by atoms with E-state index in [1.807, 2.05) is 13.0 Å². The first-order chi connectivity index (χ1) is 12.7. The molecular formula is C19H20N6O. The summed E-state index contributed by atoms with van der Waals surface area (Å²) < 4.78 is 5.22. The van der Waals surface area contributed by atoms with Crippen LogP contribution in [0.3, 0.4) is 0 Å². The van der Waals surface area contributed by atoms with E-state index in [0.717, 1.165) is 48.3 Å². The molecule has 4 rings (SSSR count). The fourth-order valence-corrected chi connectivity index (χ4v) is 3.50. The fourth-order valence-electron chi connectivity index (χ4n) is 3.50. The van der Waals surface area contributed by atoms with E-state index in [1.54, 1.807) is 6.20 Å². The molecule has 26 heavy (non-hydrogen) atoms. The number of nitrogens with zero attached hydrogens (tertiary/aromatic N) is 6. The van der Waals surface area contributed by atoms with Crippen molar-refractivity contribution in [2.45, 2.75) is 20.4 Å². The molecule has 7 nitrogen and oxygen atoms in total. The smallest absolute Gasteiger partial charge is 0.240 e. The zero-order valence-electron chi connectivity index (χ0n) is 14.9. The van der Waals surface area contributed by atoms with Gasteiger partial charge in [-0.1, -0.05) is 23.4 Å². The zero-order valence-corrected chi connectivity index (χ0v) is 14.9. The van der Waals surface area contributed by atoms with Gasteiger partial charge >= 0.3 is 0 Å². The highest BCUT2D eigenvalue weighted by Crippen LogP contribution is 2.31. The average Bonchev–Trinajstić information content (AvgIpc) is 3.06. The molecule has 1 fully saturated rings. The van der Waals surface area contributed by atoms with Crippen molar-refractivity contribution in [3.63, 3.8) is 0 Å². The van der Waals surface area contributed by atoms with E-state index in [0.29, 0.717) is 23.8 Å². The van der Waals surface area contributed by atoms with Crippen LogP contribution in [-0.4, -0.2) is 46.2 Å². The summed E-state index contributed by atoms with van der Waals surface area (Å²) in [7, 11) is 0. The number of pyridine rings is 1. The number of benzene rings is 1. The van der Waals surface area contributed by atoms with Crippen molar-refractivity contribution < 1.29 is 4.52 Å². The second-order valence-corrected chi connectivity index (χ2v) is 6.60. The zero-order chi connectivity index (χ0) is 18.1. The Hall–Kier alpha value is -2.98. The molecule has 0 unspecified atom stereocenters. The lowest BCUT2D eigenvalue weighted by atomic mass is 10.0. The number of hydrogen-bond acceptors (Lipinski definition) is 7. The number of fused-ring (bicyclic) bond motifs is 1. The number of aromatic nitrogens is 3. The monoisotopic (exact) mass is 348 g/mol. The summed E-state index contributed by atoms with van der Waals surface area (Å²) in [5.74, 6) is 1.31. The van der Waals surface area contributed by atoms with Gasteiger partial charge in [0.25, 0.3) is 0 Å². The summed E-state index contributed by atoms with van der Waals surface area (Å²) in [6, 6.07) is 8.44. The van der Waals surface area contributed by atoms with Gasteiger partial charge in [-0.3, -0.25) is 9.88 Å². The second kappa shape index (κ2) is 6.73. The molecule has 0 amide bonds. The van der Waals surface area contributed by atoms with Crippen LogP contribution in [0, 0.1) is 25.2 Å². The van der Waals surface area contributed by atoms with Crippen molar-refractivity contribution in [2.24, 2.45) is 0 Å². The number of nitriles is 1. The van der Waals surface area contributed by atoms with Crippen molar-refractivity contribution in [1.29, 1.82) is 5.26 Å². The number of anilines is 1. The molecule has 2 aromatic heterocycles. The van der Waals surface area contributed by atoms with E-state index in [2.05, 4.69) is 50.1 Å². The molecule has 3 heterocycles. The molecule has 0 spiro atoms. The molecule has 0 radical (unpaired) electrons. The van der Waals surface area contributed by atoms with E-state index < -0.39 is 0 Å². The molecule has 0 aliphatic carbocycles. The fraction of sp³-hybridized carbons (Fsp3) is 0.368. The number of para-hydroxylation sites is 1. The van der Waals surface area contributed by atoms with Gasteiger partial charge in [0.15, 0.2) is 5.82 Å². The third-order valence-corrected chi connectivity index (χ3v) is 4.81. The molecule has 1 aliphatic rings. The van der Waals surface area contributed by atoms with Gasteiger partial charge in [0.1, 0.15) is 6.07 Å². The maximum absolute atomic E-state index is 9.57. The van der Waals surface area contributed by atoms with E-state index in [-0.39, 0.29) is 0 Å². The lowest BCUT2D eigenvalue weighted by Gasteiger charge is -2.36. The number of hydrogen-bond donors (Lipinski definition) is 0. The van der Waals surface area contributed by atoms with Crippen molar-refractivity contribution in [3.05, 3.63) is 47.2 Å². The Labute approximate surface area is 151 Å². The number of aryl methyl sites for hydroxylation is 2. The van der Waals surface area contributed by atoms with E-state index in [4.69, 9.17) is 4.52 Å². The summed E-state index contributed by atoms with van der Waals surface area (Å²) in [6.45, 7) is 7.98. The van der Waals surface area contributed by atoms with E-state index in [1.165, 1.54) is 0 Å². The van der Waals surface area contributed by atoms with Gasteiger partial charge in [0.2, 0.25) is 5.89 Å². The predicted octanol–water partition coefficient (Wildman–Crippen LogP) is 2.43. The van der Waals surface area contributed by atoms with Gasteiger partial charge in [-0.15, -0.1) is 0 Å². The van der Waals surface area contributed by atoms with Crippen LogP contribution in [0.25, 0.3) is 10.9 Å². The van der Waals surface area contributed by atoms with Gasteiger partial charge in [0.05, 0.1) is 23.3 Å². The van der Waals surface area contributed by atoms with Crippen LogP contribution in [0.2, 0.25) is 0 Å². The van der Waals surface area contributed by atoms with Crippen LogP contribution in [0.5, 0.6) is 0 Å². The molecule has 1 aromatic carbocycles. The van der Waals surface area contributed by atoms with Crippen molar-refractivity contribution in [2.75, 3.05) is 31.1 Å². The first kappa shape index (κ1) is 16.5. The van der Waals surface area contributed by atoms with Crippen molar-refractivity contribution >= 4 is 16.6 Å². The predicted molar refractivity (Wildman–Crippen MR) is 97.7 cm³/mol. The largest absolute Gasteiger partial charge is 0.367 e. The van der Waals surface area contributed by atoms with Crippen LogP contribution in [0.4, 0.5) is 5.69 Å². The normalized spacial score (nSPS) is 15.3. The molecule has 1 aliphatic heterocycles. The number of rotatable bonds is 3. The SMILES string of the molecule is Cc1noc(CN2CCN(c3c(C#N)cnc4c(C)cccc34)CC2)n1. The maximum atomic E-state index is 9.57. The number of piperazine rings is 1. The van der Waals surface area contributed by atoms with E-state index in [9.17, 15) is 5.26 Å². The quantitative estimate of drug-likeness (QED) is 0.719. The molecule has 7 heteroatoms. The van der Waals surface area contributed by atoms with Crippen LogP contribution >= 0.6 is 0 Å². The minimum absolute atomic E-state index is 0.629. The standard InChI is InChI=1S/C19H20N6O/c1-13-4-3-5-16-18(13)21-11-15(10-20)19(16)25-8-6-24(7-9-25)12-17-22-14(2)23-26-17/h3-5,11H,6-9,12H2,1-2H3. The molecule has 1 saturated heterocycles.